The van der Waals surface area contributed by atoms with Gasteiger partial charge in [-0.2, -0.15) is 0 Å². The predicted octanol–water partition coefficient (Wildman–Crippen LogP) is 2.26. The average Bonchev–Trinajstić information content (AvgIpc) is 2.39. The minimum atomic E-state index is -0.862. The minimum Gasteiger partial charge on any atom is -0.388 e. The Bertz CT molecular complexity index is 537. The standard InChI is InChI=1S/C15H15NO2/c16-15(18)10-14(17)13-9-5-4-8-12(13)11-6-2-1-3-7-11/h1-9,14,17H,10H2,(H2,16,18). The minimum absolute atomic E-state index is 0.0656. The Morgan fingerprint density at radius 3 is 2.33 bits per heavy atom. The molecule has 0 aromatic heterocycles. The first-order valence-electron chi connectivity index (χ1n) is 5.79. The predicted molar refractivity (Wildman–Crippen MR) is 70.6 cm³/mol. The van der Waals surface area contributed by atoms with E-state index >= 15 is 0 Å². The fraction of sp³-hybridized carbons (Fsp3) is 0.133. The highest BCUT2D eigenvalue weighted by atomic mass is 16.3. The van der Waals surface area contributed by atoms with Crippen molar-refractivity contribution in [2.75, 3.05) is 0 Å². The molecule has 3 heteroatoms. The summed E-state index contributed by atoms with van der Waals surface area (Å²) >= 11 is 0. The Balaban J connectivity index is 2.40. The molecule has 0 bridgehead atoms. The van der Waals surface area contributed by atoms with Gasteiger partial charge in [0.2, 0.25) is 5.91 Å². The fourth-order valence-electron chi connectivity index (χ4n) is 1.97. The summed E-state index contributed by atoms with van der Waals surface area (Å²) in [6.07, 6.45) is -0.928. The van der Waals surface area contributed by atoms with Crippen molar-refractivity contribution in [3.8, 4) is 11.1 Å². The molecule has 0 aliphatic carbocycles. The molecule has 2 aromatic rings. The maximum absolute atomic E-state index is 10.9. The zero-order valence-electron chi connectivity index (χ0n) is 9.91. The maximum Gasteiger partial charge on any atom is 0.220 e. The quantitative estimate of drug-likeness (QED) is 0.862. The van der Waals surface area contributed by atoms with E-state index in [0.717, 1.165) is 16.7 Å². The van der Waals surface area contributed by atoms with Gasteiger partial charge in [0.05, 0.1) is 12.5 Å². The van der Waals surface area contributed by atoms with Crippen LogP contribution in [0, 0.1) is 0 Å². The number of rotatable bonds is 4. The van der Waals surface area contributed by atoms with Crippen LogP contribution in [0.1, 0.15) is 18.1 Å². The lowest BCUT2D eigenvalue weighted by molar-refractivity contribution is -0.119. The molecule has 0 aliphatic rings. The van der Waals surface area contributed by atoms with Crippen LogP contribution in [0.4, 0.5) is 0 Å². The van der Waals surface area contributed by atoms with Crippen LogP contribution < -0.4 is 5.73 Å². The molecule has 18 heavy (non-hydrogen) atoms. The third kappa shape index (κ3) is 2.76. The Morgan fingerprint density at radius 2 is 1.67 bits per heavy atom. The van der Waals surface area contributed by atoms with Crippen LogP contribution in [0.5, 0.6) is 0 Å². The average molecular weight is 241 g/mol. The summed E-state index contributed by atoms with van der Waals surface area (Å²) in [5.41, 5.74) is 7.78. The second kappa shape index (κ2) is 5.47. The first-order chi connectivity index (χ1) is 8.68. The second-order valence-electron chi connectivity index (χ2n) is 4.14. The highest BCUT2D eigenvalue weighted by Crippen LogP contribution is 2.29. The molecular weight excluding hydrogens is 226 g/mol. The van der Waals surface area contributed by atoms with E-state index in [9.17, 15) is 9.90 Å². The van der Waals surface area contributed by atoms with Gasteiger partial charge in [0.25, 0.3) is 0 Å². The topological polar surface area (TPSA) is 63.3 Å². The van der Waals surface area contributed by atoms with Gasteiger partial charge in [-0.3, -0.25) is 4.79 Å². The van der Waals surface area contributed by atoms with E-state index < -0.39 is 12.0 Å². The van der Waals surface area contributed by atoms with E-state index in [1.165, 1.54) is 0 Å². The van der Waals surface area contributed by atoms with Crippen LogP contribution in [0.2, 0.25) is 0 Å². The molecule has 1 atom stereocenters. The first kappa shape index (κ1) is 12.3. The highest BCUT2D eigenvalue weighted by Gasteiger charge is 2.15. The molecule has 92 valence electrons. The molecule has 0 saturated carbocycles. The number of aliphatic hydroxyl groups is 1. The molecule has 3 nitrogen and oxygen atoms in total. The van der Waals surface area contributed by atoms with Crippen LogP contribution in [-0.4, -0.2) is 11.0 Å². The zero-order valence-corrected chi connectivity index (χ0v) is 9.91. The normalized spacial score (nSPS) is 12.1. The third-order valence-corrected chi connectivity index (χ3v) is 2.80. The smallest absolute Gasteiger partial charge is 0.220 e. The van der Waals surface area contributed by atoms with Gasteiger partial charge in [0, 0.05) is 0 Å². The summed E-state index contributed by atoms with van der Waals surface area (Å²) in [7, 11) is 0. The molecule has 2 rings (SSSR count). The summed E-state index contributed by atoms with van der Waals surface area (Å²) < 4.78 is 0. The number of nitrogens with two attached hydrogens (primary N) is 1. The summed E-state index contributed by atoms with van der Waals surface area (Å²) in [4.78, 5) is 10.9. The highest BCUT2D eigenvalue weighted by molar-refractivity contribution is 5.75. The molecule has 2 aromatic carbocycles. The van der Waals surface area contributed by atoms with Gasteiger partial charge >= 0.3 is 0 Å². The van der Waals surface area contributed by atoms with E-state index in [1.54, 1.807) is 0 Å². The monoisotopic (exact) mass is 241 g/mol. The van der Waals surface area contributed by atoms with Crippen molar-refractivity contribution >= 4 is 5.91 Å². The number of primary amides is 1. The summed E-state index contributed by atoms with van der Waals surface area (Å²) in [6.45, 7) is 0. The summed E-state index contributed by atoms with van der Waals surface area (Å²) in [5, 5.41) is 10.0. The Hall–Kier alpha value is -2.13. The van der Waals surface area contributed by atoms with E-state index in [0.29, 0.717) is 0 Å². The number of carbonyl (C=O) groups excluding carboxylic acids is 1. The molecule has 3 N–H and O–H groups in total. The lowest BCUT2D eigenvalue weighted by Gasteiger charge is -2.14. The van der Waals surface area contributed by atoms with Crippen LogP contribution in [0.25, 0.3) is 11.1 Å². The van der Waals surface area contributed by atoms with Crippen molar-refractivity contribution in [2.24, 2.45) is 5.73 Å². The molecule has 0 saturated heterocycles. The first-order valence-corrected chi connectivity index (χ1v) is 5.79. The van der Waals surface area contributed by atoms with Gasteiger partial charge in [0.15, 0.2) is 0 Å². The summed E-state index contributed by atoms with van der Waals surface area (Å²) in [6, 6.07) is 17.2. The van der Waals surface area contributed by atoms with Crippen LogP contribution in [0.3, 0.4) is 0 Å². The molecule has 1 unspecified atom stereocenters. The van der Waals surface area contributed by atoms with Crippen molar-refractivity contribution in [1.29, 1.82) is 0 Å². The lowest BCUT2D eigenvalue weighted by Crippen LogP contribution is -2.15. The van der Waals surface area contributed by atoms with E-state index in [4.69, 9.17) is 5.73 Å². The number of aliphatic hydroxyl groups excluding tert-OH is 1. The van der Waals surface area contributed by atoms with Gasteiger partial charge in [-0.05, 0) is 16.7 Å². The van der Waals surface area contributed by atoms with E-state index in [-0.39, 0.29) is 6.42 Å². The van der Waals surface area contributed by atoms with Gasteiger partial charge in [-0.1, -0.05) is 54.6 Å². The van der Waals surface area contributed by atoms with Crippen molar-refractivity contribution < 1.29 is 9.90 Å². The Kier molecular flexibility index (Phi) is 3.75. The molecule has 0 aliphatic heterocycles. The number of carbonyl (C=O) groups is 1. The van der Waals surface area contributed by atoms with Crippen molar-refractivity contribution in [2.45, 2.75) is 12.5 Å². The Labute approximate surface area is 106 Å². The van der Waals surface area contributed by atoms with Crippen molar-refractivity contribution in [1.82, 2.24) is 0 Å². The maximum atomic E-state index is 10.9. The van der Waals surface area contributed by atoms with E-state index in [1.807, 2.05) is 54.6 Å². The van der Waals surface area contributed by atoms with Gasteiger partial charge < -0.3 is 10.8 Å². The van der Waals surface area contributed by atoms with Crippen molar-refractivity contribution in [3.05, 3.63) is 60.2 Å². The molecule has 0 spiro atoms. The van der Waals surface area contributed by atoms with Gasteiger partial charge in [-0.25, -0.2) is 0 Å². The molecular formula is C15H15NO2. The molecule has 1 amide bonds. The van der Waals surface area contributed by atoms with Gasteiger partial charge in [-0.15, -0.1) is 0 Å². The molecule has 0 fully saturated rings. The number of benzene rings is 2. The Morgan fingerprint density at radius 1 is 1.06 bits per heavy atom. The van der Waals surface area contributed by atoms with Crippen LogP contribution >= 0.6 is 0 Å². The van der Waals surface area contributed by atoms with Crippen LogP contribution in [0.15, 0.2) is 54.6 Å². The zero-order chi connectivity index (χ0) is 13.0. The third-order valence-electron chi connectivity index (χ3n) is 2.80. The largest absolute Gasteiger partial charge is 0.388 e. The van der Waals surface area contributed by atoms with Crippen LogP contribution in [-0.2, 0) is 4.79 Å². The SMILES string of the molecule is NC(=O)CC(O)c1ccccc1-c1ccccc1. The lowest BCUT2D eigenvalue weighted by atomic mass is 9.95. The summed E-state index contributed by atoms with van der Waals surface area (Å²) in [5.74, 6) is -0.509. The fourth-order valence-corrected chi connectivity index (χ4v) is 1.97. The van der Waals surface area contributed by atoms with Crippen molar-refractivity contribution in [3.63, 3.8) is 0 Å². The second-order valence-corrected chi connectivity index (χ2v) is 4.14. The number of hydrogen-bond acceptors (Lipinski definition) is 2. The van der Waals surface area contributed by atoms with Gasteiger partial charge in [0.1, 0.15) is 0 Å². The molecule has 0 radical (unpaired) electrons. The number of hydrogen-bond donors (Lipinski definition) is 2. The molecule has 0 heterocycles. The van der Waals surface area contributed by atoms with E-state index in [2.05, 4.69) is 0 Å². The number of amides is 1.